The summed E-state index contributed by atoms with van der Waals surface area (Å²) in [4.78, 5) is 23.5. The van der Waals surface area contributed by atoms with Crippen LogP contribution in [-0.2, 0) is 35.5 Å². The average molecular weight is 494 g/mol. The van der Waals surface area contributed by atoms with Gasteiger partial charge in [-0.25, -0.2) is 13.1 Å². The molecule has 0 radical (unpaired) electrons. The lowest BCUT2D eigenvalue weighted by Gasteiger charge is -2.11. The summed E-state index contributed by atoms with van der Waals surface area (Å²) in [6, 6.07) is 15.5. The highest BCUT2D eigenvalue weighted by atomic mass is 32.2. The van der Waals surface area contributed by atoms with E-state index in [4.69, 9.17) is 21.7 Å². The van der Waals surface area contributed by atoms with Crippen LogP contribution in [-0.4, -0.2) is 52.3 Å². The Morgan fingerprint density at radius 1 is 0.970 bits per heavy atom. The molecule has 0 aliphatic carbocycles. The monoisotopic (exact) mass is 493 g/mol. The Morgan fingerprint density at radius 3 is 2.33 bits per heavy atom. The van der Waals surface area contributed by atoms with E-state index in [-0.39, 0.29) is 42.6 Å². The molecule has 0 unspecified atom stereocenters. The first-order valence-electron chi connectivity index (χ1n) is 10.2. The summed E-state index contributed by atoms with van der Waals surface area (Å²) < 4.78 is 37.1. The van der Waals surface area contributed by atoms with Crippen molar-refractivity contribution in [3.8, 4) is 0 Å². The number of esters is 1. The van der Waals surface area contributed by atoms with Crippen LogP contribution < -0.4 is 15.4 Å². The lowest BCUT2D eigenvalue weighted by atomic mass is 10.2. The molecule has 1 amide bonds. The number of sulfonamides is 1. The highest BCUT2D eigenvalue weighted by Gasteiger charge is 2.14. The van der Waals surface area contributed by atoms with Gasteiger partial charge in [-0.15, -0.1) is 0 Å². The normalized spacial score (nSPS) is 10.9. The summed E-state index contributed by atoms with van der Waals surface area (Å²) in [6.07, 6.45) is 0.417. The van der Waals surface area contributed by atoms with E-state index in [0.29, 0.717) is 12.1 Å². The van der Waals surface area contributed by atoms with Crippen LogP contribution in [0, 0.1) is 0 Å². The third-order valence-electron chi connectivity index (χ3n) is 4.33. The molecule has 2 aromatic carbocycles. The number of hydrogen-bond donors (Lipinski definition) is 3. The average Bonchev–Trinajstić information content (AvgIpc) is 2.79. The smallest absolute Gasteiger partial charge is 0.306 e. The van der Waals surface area contributed by atoms with Crippen molar-refractivity contribution in [2.24, 2.45) is 0 Å². The zero-order valence-corrected chi connectivity index (χ0v) is 19.8. The van der Waals surface area contributed by atoms with Gasteiger partial charge in [-0.2, -0.15) is 0 Å². The van der Waals surface area contributed by atoms with Crippen LogP contribution >= 0.6 is 12.2 Å². The van der Waals surface area contributed by atoms with Crippen LogP contribution in [0.5, 0.6) is 0 Å². The number of carbonyl (C=O) groups excluding carboxylic acids is 2. The van der Waals surface area contributed by atoms with E-state index in [2.05, 4.69) is 15.4 Å². The van der Waals surface area contributed by atoms with E-state index >= 15 is 0 Å². The number of hydrogen-bond acceptors (Lipinski definition) is 7. The number of nitrogens with one attached hydrogen (secondary N) is 3. The standard InChI is InChI=1S/C22H27N3O6S2/c1-30-15-16-31-21(27)12-11-20(26)25-22(32)24-18-7-9-19(10-8-18)33(28,29)23-14-13-17-5-3-2-4-6-17/h2-10,23H,11-16H2,1H3,(H2,24,25,26,32). The fourth-order valence-electron chi connectivity index (χ4n) is 2.65. The number of anilines is 1. The second-order valence-corrected chi connectivity index (χ2v) is 9.05. The maximum atomic E-state index is 12.5. The SMILES string of the molecule is COCCOC(=O)CCC(=O)NC(=S)Nc1ccc(S(=O)(=O)NCCc2ccccc2)cc1. The molecular weight excluding hydrogens is 466 g/mol. The molecule has 0 aromatic heterocycles. The van der Waals surface area contributed by atoms with Gasteiger partial charge in [-0.1, -0.05) is 30.3 Å². The minimum Gasteiger partial charge on any atom is -0.463 e. The maximum Gasteiger partial charge on any atom is 0.306 e. The Bertz CT molecular complexity index is 1030. The fourth-order valence-corrected chi connectivity index (χ4v) is 3.92. The molecule has 11 heteroatoms. The summed E-state index contributed by atoms with van der Waals surface area (Å²) in [5.74, 6) is -0.951. The van der Waals surface area contributed by atoms with E-state index in [1.807, 2.05) is 30.3 Å². The first-order valence-corrected chi connectivity index (χ1v) is 12.1. The van der Waals surface area contributed by atoms with Crippen LogP contribution in [0.25, 0.3) is 0 Å². The van der Waals surface area contributed by atoms with Gasteiger partial charge in [0.05, 0.1) is 17.9 Å². The van der Waals surface area contributed by atoms with Gasteiger partial charge in [-0.05, 0) is 48.5 Å². The van der Waals surface area contributed by atoms with E-state index in [1.54, 1.807) is 0 Å². The summed E-state index contributed by atoms with van der Waals surface area (Å²) in [5, 5.41) is 5.29. The Kier molecular flexibility index (Phi) is 10.9. The van der Waals surface area contributed by atoms with E-state index < -0.39 is 21.9 Å². The van der Waals surface area contributed by atoms with Crippen molar-refractivity contribution >= 4 is 44.9 Å². The molecule has 0 bridgehead atoms. The highest BCUT2D eigenvalue weighted by Crippen LogP contribution is 2.14. The van der Waals surface area contributed by atoms with Gasteiger partial charge >= 0.3 is 5.97 Å². The minimum absolute atomic E-state index is 0.0318. The van der Waals surface area contributed by atoms with Crippen molar-refractivity contribution in [1.82, 2.24) is 10.0 Å². The van der Waals surface area contributed by atoms with Gasteiger partial charge in [0.25, 0.3) is 0 Å². The van der Waals surface area contributed by atoms with Crippen LogP contribution in [0.15, 0.2) is 59.5 Å². The molecule has 0 saturated carbocycles. The molecule has 0 aliphatic rings. The summed E-state index contributed by atoms with van der Waals surface area (Å²) in [6.45, 7) is 0.698. The second kappa shape index (κ2) is 13.6. The Balaban J connectivity index is 1.76. The molecule has 0 heterocycles. The predicted octanol–water partition coefficient (Wildman–Crippen LogP) is 1.99. The number of ether oxygens (including phenoxy) is 2. The first kappa shape index (κ1) is 26.4. The molecule has 2 aromatic rings. The Labute approximate surface area is 198 Å². The highest BCUT2D eigenvalue weighted by molar-refractivity contribution is 7.89. The van der Waals surface area contributed by atoms with Crippen LogP contribution in [0.3, 0.4) is 0 Å². The number of benzene rings is 2. The lowest BCUT2D eigenvalue weighted by molar-refractivity contribution is -0.146. The quantitative estimate of drug-likeness (QED) is 0.233. The van der Waals surface area contributed by atoms with Crippen molar-refractivity contribution in [2.75, 3.05) is 32.2 Å². The van der Waals surface area contributed by atoms with Crippen LogP contribution in [0.2, 0.25) is 0 Å². The first-order chi connectivity index (χ1) is 15.8. The number of thiocarbonyl (C=S) groups is 1. The Hall–Kier alpha value is -2.86. The van der Waals surface area contributed by atoms with Gasteiger partial charge in [0, 0.05) is 25.8 Å². The van der Waals surface area contributed by atoms with Gasteiger partial charge in [0.2, 0.25) is 15.9 Å². The van der Waals surface area contributed by atoms with E-state index in [9.17, 15) is 18.0 Å². The van der Waals surface area contributed by atoms with Crippen molar-refractivity contribution in [2.45, 2.75) is 24.2 Å². The summed E-state index contributed by atoms with van der Waals surface area (Å²) in [5.41, 5.74) is 1.54. The number of carbonyl (C=O) groups is 2. The minimum atomic E-state index is -3.65. The van der Waals surface area contributed by atoms with Crippen molar-refractivity contribution in [3.05, 3.63) is 60.2 Å². The van der Waals surface area contributed by atoms with Gasteiger partial charge < -0.3 is 20.1 Å². The van der Waals surface area contributed by atoms with E-state index in [1.165, 1.54) is 31.4 Å². The van der Waals surface area contributed by atoms with Gasteiger partial charge in [0.15, 0.2) is 5.11 Å². The third kappa shape index (κ3) is 10.1. The van der Waals surface area contributed by atoms with Gasteiger partial charge in [-0.3, -0.25) is 9.59 Å². The van der Waals surface area contributed by atoms with Crippen molar-refractivity contribution in [3.63, 3.8) is 0 Å². The molecule has 0 saturated heterocycles. The summed E-state index contributed by atoms with van der Waals surface area (Å²) in [7, 11) is -2.16. The topological polar surface area (TPSA) is 123 Å². The molecule has 0 atom stereocenters. The second-order valence-electron chi connectivity index (χ2n) is 6.87. The molecule has 3 N–H and O–H groups in total. The molecule has 9 nitrogen and oxygen atoms in total. The molecule has 2 rings (SSSR count). The molecular formula is C22H27N3O6S2. The largest absolute Gasteiger partial charge is 0.463 e. The molecule has 178 valence electrons. The molecule has 33 heavy (non-hydrogen) atoms. The maximum absolute atomic E-state index is 12.5. The summed E-state index contributed by atoms with van der Waals surface area (Å²) >= 11 is 5.08. The van der Waals surface area contributed by atoms with Crippen molar-refractivity contribution in [1.29, 1.82) is 0 Å². The zero-order valence-electron chi connectivity index (χ0n) is 18.2. The van der Waals surface area contributed by atoms with Gasteiger partial charge in [0.1, 0.15) is 6.61 Å². The number of rotatable bonds is 12. The molecule has 0 aliphatic heterocycles. The fraction of sp³-hybridized carbons (Fsp3) is 0.318. The Morgan fingerprint density at radius 2 is 1.67 bits per heavy atom. The van der Waals surface area contributed by atoms with Crippen molar-refractivity contribution < 1.29 is 27.5 Å². The number of amides is 1. The molecule has 0 spiro atoms. The number of methoxy groups -OCH3 is 1. The zero-order chi connectivity index (χ0) is 24.1. The third-order valence-corrected chi connectivity index (χ3v) is 6.01. The predicted molar refractivity (Wildman–Crippen MR) is 128 cm³/mol. The van der Waals surface area contributed by atoms with Crippen LogP contribution in [0.1, 0.15) is 18.4 Å². The van der Waals surface area contributed by atoms with E-state index in [0.717, 1.165) is 5.56 Å². The van der Waals surface area contributed by atoms with Crippen LogP contribution in [0.4, 0.5) is 5.69 Å². The molecule has 0 fully saturated rings. The lowest BCUT2D eigenvalue weighted by Crippen LogP contribution is -2.34.